The van der Waals surface area contributed by atoms with Crippen molar-refractivity contribution in [3.63, 3.8) is 0 Å². The molecule has 0 bridgehead atoms. The largest absolute Gasteiger partial charge is 0.398 e. The highest BCUT2D eigenvalue weighted by molar-refractivity contribution is 5.62. The molecule has 0 radical (unpaired) electrons. The van der Waals surface area contributed by atoms with E-state index in [1.54, 1.807) is 6.07 Å². The Hall–Kier alpha value is -1.69. The molecule has 0 aliphatic carbocycles. The van der Waals surface area contributed by atoms with E-state index in [0.29, 0.717) is 17.3 Å². The summed E-state index contributed by atoms with van der Waals surface area (Å²) >= 11 is 0. The molecule has 0 aliphatic heterocycles. The van der Waals surface area contributed by atoms with Crippen molar-refractivity contribution in [3.8, 4) is 6.07 Å². The average molecular weight is 231 g/mol. The minimum atomic E-state index is 0.439. The van der Waals surface area contributed by atoms with Crippen molar-refractivity contribution in [3.05, 3.63) is 23.8 Å². The van der Waals surface area contributed by atoms with Gasteiger partial charge in [-0.3, -0.25) is 0 Å². The van der Waals surface area contributed by atoms with Gasteiger partial charge in [0.05, 0.1) is 11.3 Å². The van der Waals surface area contributed by atoms with E-state index < -0.39 is 0 Å². The second-order valence-corrected chi connectivity index (χ2v) is 4.46. The third-order valence-corrected chi connectivity index (χ3v) is 2.83. The van der Waals surface area contributed by atoms with Gasteiger partial charge in [-0.1, -0.05) is 26.2 Å². The zero-order valence-electron chi connectivity index (χ0n) is 10.7. The van der Waals surface area contributed by atoms with Crippen LogP contribution in [0.4, 0.5) is 11.4 Å². The second-order valence-electron chi connectivity index (χ2n) is 4.46. The van der Waals surface area contributed by atoms with Crippen LogP contribution in [0.25, 0.3) is 0 Å². The molecule has 0 saturated carbocycles. The highest BCUT2D eigenvalue weighted by Gasteiger charge is 2.04. The number of unbranched alkanes of at least 4 members (excludes halogenated alkanes) is 2. The van der Waals surface area contributed by atoms with Crippen molar-refractivity contribution < 1.29 is 0 Å². The lowest BCUT2D eigenvalue weighted by Crippen LogP contribution is -2.15. The van der Waals surface area contributed by atoms with E-state index in [1.807, 2.05) is 12.1 Å². The lowest BCUT2D eigenvalue weighted by molar-refractivity contribution is 0.615. The molecular formula is C14H21N3. The molecule has 1 unspecified atom stereocenters. The van der Waals surface area contributed by atoms with Crippen LogP contribution in [0.2, 0.25) is 0 Å². The summed E-state index contributed by atoms with van der Waals surface area (Å²) in [4.78, 5) is 0. The highest BCUT2D eigenvalue weighted by atomic mass is 14.9. The van der Waals surface area contributed by atoms with Gasteiger partial charge < -0.3 is 11.1 Å². The topological polar surface area (TPSA) is 61.8 Å². The Balaban J connectivity index is 2.51. The summed E-state index contributed by atoms with van der Waals surface area (Å²) in [6.45, 7) is 4.38. The second kappa shape index (κ2) is 6.80. The van der Waals surface area contributed by atoms with Crippen molar-refractivity contribution >= 4 is 11.4 Å². The summed E-state index contributed by atoms with van der Waals surface area (Å²) in [5, 5.41) is 12.2. The number of nitrogens with zero attached hydrogens (tertiary/aromatic N) is 1. The minimum absolute atomic E-state index is 0.439. The molecule has 0 saturated heterocycles. The van der Waals surface area contributed by atoms with Crippen molar-refractivity contribution in [2.75, 3.05) is 11.1 Å². The number of nitriles is 1. The van der Waals surface area contributed by atoms with Crippen LogP contribution in [0.5, 0.6) is 0 Å². The van der Waals surface area contributed by atoms with Crippen molar-refractivity contribution in [1.82, 2.24) is 0 Å². The van der Waals surface area contributed by atoms with Gasteiger partial charge in [-0.2, -0.15) is 5.26 Å². The fraction of sp³-hybridized carbons (Fsp3) is 0.500. The van der Waals surface area contributed by atoms with Crippen LogP contribution in [0, 0.1) is 11.3 Å². The number of hydrogen-bond donors (Lipinski definition) is 2. The Labute approximate surface area is 104 Å². The maximum Gasteiger partial charge on any atom is 0.101 e. The van der Waals surface area contributed by atoms with Crippen molar-refractivity contribution in [2.45, 2.75) is 45.6 Å². The van der Waals surface area contributed by atoms with Gasteiger partial charge in [0.1, 0.15) is 6.07 Å². The maximum absolute atomic E-state index is 8.78. The van der Waals surface area contributed by atoms with Crippen LogP contribution >= 0.6 is 0 Å². The van der Waals surface area contributed by atoms with Crippen LogP contribution in [0.15, 0.2) is 18.2 Å². The predicted octanol–water partition coefficient (Wildman–Crippen LogP) is 3.52. The van der Waals surface area contributed by atoms with Crippen LogP contribution in [-0.2, 0) is 0 Å². The molecule has 17 heavy (non-hydrogen) atoms. The quantitative estimate of drug-likeness (QED) is 0.581. The molecule has 0 heterocycles. The molecule has 1 rings (SSSR count). The first-order chi connectivity index (χ1) is 8.17. The minimum Gasteiger partial charge on any atom is -0.398 e. The molecule has 1 aromatic carbocycles. The van der Waals surface area contributed by atoms with E-state index in [2.05, 4.69) is 25.2 Å². The van der Waals surface area contributed by atoms with Gasteiger partial charge in [-0.15, -0.1) is 0 Å². The monoisotopic (exact) mass is 231 g/mol. The molecule has 92 valence electrons. The summed E-state index contributed by atoms with van der Waals surface area (Å²) in [5.41, 5.74) is 7.83. The van der Waals surface area contributed by atoms with Gasteiger partial charge in [0, 0.05) is 11.7 Å². The van der Waals surface area contributed by atoms with Gasteiger partial charge >= 0.3 is 0 Å². The van der Waals surface area contributed by atoms with E-state index in [9.17, 15) is 0 Å². The maximum atomic E-state index is 8.78. The third kappa shape index (κ3) is 4.36. The molecule has 3 nitrogen and oxygen atoms in total. The molecule has 3 N–H and O–H groups in total. The van der Waals surface area contributed by atoms with E-state index in [1.165, 1.54) is 19.3 Å². The molecule has 0 amide bonds. The van der Waals surface area contributed by atoms with Crippen LogP contribution in [0.1, 0.15) is 45.1 Å². The number of nitrogens with two attached hydrogens (primary N) is 1. The first-order valence-corrected chi connectivity index (χ1v) is 6.23. The van der Waals surface area contributed by atoms with Crippen LogP contribution < -0.4 is 11.1 Å². The number of rotatable bonds is 6. The Morgan fingerprint density at radius 2 is 2.18 bits per heavy atom. The van der Waals surface area contributed by atoms with Crippen molar-refractivity contribution in [2.24, 2.45) is 0 Å². The molecule has 0 fully saturated rings. The Morgan fingerprint density at radius 1 is 1.41 bits per heavy atom. The summed E-state index contributed by atoms with van der Waals surface area (Å²) in [6, 6.07) is 8.00. The summed E-state index contributed by atoms with van der Waals surface area (Å²) in [7, 11) is 0. The Morgan fingerprint density at radius 3 is 2.76 bits per heavy atom. The van der Waals surface area contributed by atoms with E-state index in [0.717, 1.165) is 12.1 Å². The van der Waals surface area contributed by atoms with Gasteiger partial charge in [-0.25, -0.2) is 0 Å². The molecule has 0 aromatic heterocycles. The summed E-state index contributed by atoms with van der Waals surface area (Å²) < 4.78 is 0. The van der Waals surface area contributed by atoms with E-state index in [-0.39, 0.29) is 0 Å². The van der Waals surface area contributed by atoms with Gasteiger partial charge in [0.15, 0.2) is 0 Å². The zero-order chi connectivity index (χ0) is 12.7. The molecule has 0 aliphatic rings. The van der Waals surface area contributed by atoms with Crippen molar-refractivity contribution in [1.29, 1.82) is 5.26 Å². The fourth-order valence-corrected chi connectivity index (χ4v) is 1.81. The highest BCUT2D eigenvalue weighted by Crippen LogP contribution is 2.18. The first kappa shape index (κ1) is 13.4. The Bertz CT molecular complexity index is 393. The number of anilines is 2. The van der Waals surface area contributed by atoms with Crippen LogP contribution in [0.3, 0.4) is 0 Å². The number of nitrogens with one attached hydrogen (secondary N) is 1. The molecular weight excluding hydrogens is 210 g/mol. The molecule has 1 aromatic rings. The van der Waals surface area contributed by atoms with Gasteiger partial charge in [0.25, 0.3) is 0 Å². The number of nitrogen functional groups attached to an aromatic ring is 1. The van der Waals surface area contributed by atoms with Gasteiger partial charge in [-0.05, 0) is 31.5 Å². The number of benzene rings is 1. The zero-order valence-corrected chi connectivity index (χ0v) is 10.7. The Kier molecular flexibility index (Phi) is 5.35. The van der Waals surface area contributed by atoms with Crippen LogP contribution in [-0.4, -0.2) is 6.04 Å². The lowest BCUT2D eigenvalue weighted by Gasteiger charge is -2.15. The summed E-state index contributed by atoms with van der Waals surface area (Å²) in [6.07, 6.45) is 4.93. The predicted molar refractivity (Wildman–Crippen MR) is 72.8 cm³/mol. The van der Waals surface area contributed by atoms with E-state index in [4.69, 9.17) is 11.0 Å². The molecule has 3 heteroatoms. The number of hydrogen-bond acceptors (Lipinski definition) is 3. The lowest BCUT2D eigenvalue weighted by atomic mass is 10.1. The molecule has 0 spiro atoms. The normalized spacial score (nSPS) is 11.8. The summed E-state index contributed by atoms with van der Waals surface area (Å²) in [5.74, 6) is 0. The smallest absolute Gasteiger partial charge is 0.101 e. The molecule has 1 atom stereocenters. The fourth-order valence-electron chi connectivity index (χ4n) is 1.81. The average Bonchev–Trinajstić information content (AvgIpc) is 2.29. The standard InChI is InChI=1S/C14H21N3/c1-3-4-5-6-11(2)17-13-8-7-12(10-15)14(16)9-13/h7-9,11,17H,3-6,16H2,1-2H3. The third-order valence-electron chi connectivity index (χ3n) is 2.83. The van der Waals surface area contributed by atoms with E-state index >= 15 is 0 Å². The SMILES string of the molecule is CCCCCC(C)Nc1ccc(C#N)c(N)c1. The first-order valence-electron chi connectivity index (χ1n) is 6.23. The van der Waals surface area contributed by atoms with Gasteiger partial charge in [0.2, 0.25) is 0 Å².